The van der Waals surface area contributed by atoms with Crippen LogP contribution in [0.1, 0.15) is 23.2 Å². The molecule has 0 heterocycles. The van der Waals surface area contributed by atoms with Crippen molar-refractivity contribution in [2.24, 2.45) is 0 Å². The Balaban J connectivity index is 2.36. The zero-order chi connectivity index (χ0) is 10.1. The maximum Gasteiger partial charge on any atom is 0.337 e. The number of benzene rings is 1. The average molecular weight is 192 g/mol. The van der Waals surface area contributed by atoms with Crippen LogP contribution in [-0.2, 0) is 0 Å². The molecule has 0 spiro atoms. The van der Waals surface area contributed by atoms with Crippen LogP contribution in [0.2, 0.25) is 0 Å². The third-order valence-corrected chi connectivity index (χ3v) is 2.25. The van der Waals surface area contributed by atoms with Crippen molar-refractivity contribution in [2.75, 3.05) is 11.1 Å². The number of hydrogen-bond donors (Lipinski definition) is 3. The summed E-state index contributed by atoms with van der Waals surface area (Å²) in [6, 6.07) is 5.31. The van der Waals surface area contributed by atoms with E-state index in [9.17, 15) is 4.79 Å². The van der Waals surface area contributed by atoms with Crippen LogP contribution in [0.4, 0.5) is 11.4 Å². The van der Waals surface area contributed by atoms with Gasteiger partial charge >= 0.3 is 5.97 Å². The molecule has 2 rings (SSSR count). The Kier molecular flexibility index (Phi) is 2.04. The Morgan fingerprint density at radius 2 is 2.21 bits per heavy atom. The summed E-state index contributed by atoms with van der Waals surface area (Å²) in [6.07, 6.45) is 2.18. The molecule has 0 aromatic heterocycles. The van der Waals surface area contributed by atoms with Gasteiger partial charge in [0.15, 0.2) is 0 Å². The zero-order valence-corrected chi connectivity index (χ0v) is 7.66. The van der Waals surface area contributed by atoms with Gasteiger partial charge in [0, 0.05) is 6.04 Å². The predicted octanol–water partition coefficient (Wildman–Crippen LogP) is 1.54. The second-order valence-corrected chi connectivity index (χ2v) is 3.49. The van der Waals surface area contributed by atoms with Crippen molar-refractivity contribution in [1.82, 2.24) is 0 Å². The lowest BCUT2D eigenvalue weighted by Gasteiger charge is -2.10. The molecule has 0 unspecified atom stereocenters. The predicted molar refractivity (Wildman–Crippen MR) is 54.5 cm³/mol. The molecule has 14 heavy (non-hydrogen) atoms. The fourth-order valence-corrected chi connectivity index (χ4v) is 1.34. The van der Waals surface area contributed by atoms with E-state index in [1.165, 1.54) is 0 Å². The van der Waals surface area contributed by atoms with Crippen molar-refractivity contribution in [3.63, 3.8) is 0 Å². The van der Waals surface area contributed by atoms with Crippen LogP contribution in [0.15, 0.2) is 18.2 Å². The van der Waals surface area contributed by atoms with E-state index in [2.05, 4.69) is 5.32 Å². The van der Waals surface area contributed by atoms with Crippen LogP contribution in [0.3, 0.4) is 0 Å². The maximum atomic E-state index is 10.9. The summed E-state index contributed by atoms with van der Waals surface area (Å²) in [7, 11) is 0. The third kappa shape index (κ3) is 1.64. The van der Waals surface area contributed by atoms with Gasteiger partial charge in [0.25, 0.3) is 0 Å². The molecule has 1 aliphatic rings. The lowest BCUT2D eigenvalue weighted by molar-refractivity contribution is 0.0698. The number of aromatic carboxylic acids is 1. The van der Waals surface area contributed by atoms with E-state index in [1.807, 2.05) is 0 Å². The van der Waals surface area contributed by atoms with E-state index in [4.69, 9.17) is 10.8 Å². The van der Waals surface area contributed by atoms with Gasteiger partial charge in [0.1, 0.15) is 0 Å². The Hall–Kier alpha value is -1.71. The van der Waals surface area contributed by atoms with E-state index in [0.717, 1.165) is 12.8 Å². The van der Waals surface area contributed by atoms with Gasteiger partial charge in [-0.2, -0.15) is 0 Å². The minimum Gasteiger partial charge on any atom is -0.478 e. The second kappa shape index (κ2) is 3.21. The van der Waals surface area contributed by atoms with E-state index >= 15 is 0 Å². The number of carboxylic acids is 1. The topological polar surface area (TPSA) is 75.4 Å². The van der Waals surface area contributed by atoms with Crippen molar-refractivity contribution < 1.29 is 9.90 Å². The standard InChI is InChI=1S/C10H12N2O2/c11-8-3-1-2-7(10(13)14)9(8)12-6-4-5-6/h1-3,6,12H,4-5,11H2,(H,13,14). The smallest absolute Gasteiger partial charge is 0.337 e. The molecule has 4 nitrogen and oxygen atoms in total. The highest BCUT2D eigenvalue weighted by atomic mass is 16.4. The Bertz CT molecular complexity index is 372. The van der Waals surface area contributed by atoms with Gasteiger partial charge < -0.3 is 16.2 Å². The first-order chi connectivity index (χ1) is 6.68. The number of hydrogen-bond acceptors (Lipinski definition) is 3. The van der Waals surface area contributed by atoms with Gasteiger partial charge in [-0.3, -0.25) is 0 Å². The molecule has 0 bridgehead atoms. The maximum absolute atomic E-state index is 10.9. The Labute approximate surface area is 81.7 Å². The van der Waals surface area contributed by atoms with Crippen LogP contribution >= 0.6 is 0 Å². The Morgan fingerprint density at radius 3 is 2.79 bits per heavy atom. The Morgan fingerprint density at radius 1 is 1.50 bits per heavy atom. The number of para-hydroxylation sites is 1. The first-order valence-corrected chi connectivity index (χ1v) is 4.57. The highest BCUT2D eigenvalue weighted by Gasteiger charge is 2.24. The number of nitrogens with one attached hydrogen (secondary N) is 1. The molecular formula is C10H12N2O2. The third-order valence-electron chi connectivity index (χ3n) is 2.25. The molecule has 0 saturated heterocycles. The summed E-state index contributed by atoms with van der Waals surface area (Å²) in [5.41, 5.74) is 7.01. The number of carboxylic acid groups (broad SMARTS) is 1. The van der Waals surface area contributed by atoms with Gasteiger partial charge in [0.2, 0.25) is 0 Å². The summed E-state index contributed by atoms with van der Waals surface area (Å²) < 4.78 is 0. The molecule has 74 valence electrons. The largest absolute Gasteiger partial charge is 0.478 e. The van der Waals surface area contributed by atoms with Gasteiger partial charge in [-0.15, -0.1) is 0 Å². The summed E-state index contributed by atoms with van der Waals surface area (Å²) in [6.45, 7) is 0. The first kappa shape index (κ1) is 8.87. The van der Waals surface area contributed by atoms with Crippen LogP contribution in [0, 0.1) is 0 Å². The average Bonchev–Trinajstić information content (AvgIpc) is 2.91. The van der Waals surface area contributed by atoms with E-state index < -0.39 is 5.97 Å². The minimum atomic E-state index is -0.944. The number of carbonyl (C=O) groups is 1. The summed E-state index contributed by atoms with van der Waals surface area (Å²) in [5, 5.41) is 12.1. The SMILES string of the molecule is Nc1cccc(C(=O)O)c1NC1CC1. The van der Waals surface area contributed by atoms with Crippen molar-refractivity contribution in [3.05, 3.63) is 23.8 Å². The lowest BCUT2D eigenvalue weighted by Crippen LogP contribution is -2.10. The summed E-state index contributed by atoms with van der Waals surface area (Å²) in [5.74, 6) is -0.944. The van der Waals surface area contributed by atoms with Crippen LogP contribution in [-0.4, -0.2) is 17.1 Å². The molecule has 0 radical (unpaired) electrons. The molecule has 4 N–H and O–H groups in total. The van der Waals surface area contributed by atoms with Crippen LogP contribution in [0.25, 0.3) is 0 Å². The van der Waals surface area contributed by atoms with E-state index in [1.54, 1.807) is 18.2 Å². The molecule has 1 saturated carbocycles. The van der Waals surface area contributed by atoms with Gasteiger partial charge in [0.05, 0.1) is 16.9 Å². The zero-order valence-electron chi connectivity index (χ0n) is 7.66. The number of nitrogen functional groups attached to an aromatic ring is 1. The molecular weight excluding hydrogens is 180 g/mol. The molecule has 1 aromatic rings. The molecule has 0 aliphatic heterocycles. The van der Waals surface area contributed by atoms with E-state index in [-0.39, 0.29) is 5.56 Å². The van der Waals surface area contributed by atoms with Crippen molar-refractivity contribution in [3.8, 4) is 0 Å². The summed E-state index contributed by atoms with van der Waals surface area (Å²) in [4.78, 5) is 10.9. The molecule has 0 atom stereocenters. The molecule has 0 amide bonds. The van der Waals surface area contributed by atoms with Crippen LogP contribution < -0.4 is 11.1 Å². The molecule has 1 fully saturated rings. The highest BCUT2D eigenvalue weighted by Crippen LogP contribution is 2.30. The number of anilines is 2. The number of rotatable bonds is 3. The van der Waals surface area contributed by atoms with Crippen LogP contribution in [0.5, 0.6) is 0 Å². The fraction of sp³-hybridized carbons (Fsp3) is 0.300. The normalized spacial score (nSPS) is 15.1. The molecule has 4 heteroatoms. The van der Waals surface area contributed by atoms with Crippen molar-refractivity contribution in [2.45, 2.75) is 18.9 Å². The van der Waals surface area contributed by atoms with E-state index in [0.29, 0.717) is 17.4 Å². The minimum absolute atomic E-state index is 0.247. The summed E-state index contributed by atoms with van der Waals surface area (Å²) >= 11 is 0. The van der Waals surface area contributed by atoms with Gasteiger partial charge in [-0.1, -0.05) is 6.07 Å². The first-order valence-electron chi connectivity index (χ1n) is 4.57. The van der Waals surface area contributed by atoms with Gasteiger partial charge in [-0.25, -0.2) is 4.79 Å². The number of nitrogens with two attached hydrogens (primary N) is 1. The lowest BCUT2D eigenvalue weighted by atomic mass is 10.1. The van der Waals surface area contributed by atoms with Gasteiger partial charge in [-0.05, 0) is 25.0 Å². The highest BCUT2D eigenvalue weighted by molar-refractivity contribution is 5.97. The molecule has 1 aliphatic carbocycles. The van der Waals surface area contributed by atoms with Crippen molar-refractivity contribution in [1.29, 1.82) is 0 Å². The molecule has 1 aromatic carbocycles. The fourth-order valence-electron chi connectivity index (χ4n) is 1.34. The monoisotopic (exact) mass is 192 g/mol. The quantitative estimate of drug-likeness (QED) is 0.635. The second-order valence-electron chi connectivity index (χ2n) is 3.49. The van der Waals surface area contributed by atoms with Crippen molar-refractivity contribution >= 4 is 17.3 Å².